The summed E-state index contributed by atoms with van der Waals surface area (Å²) < 4.78 is 5.94. The highest BCUT2D eigenvalue weighted by atomic mass is 32.2. The Labute approximate surface area is 167 Å². The third kappa shape index (κ3) is 3.15. The van der Waals surface area contributed by atoms with E-state index in [0.29, 0.717) is 11.3 Å². The van der Waals surface area contributed by atoms with Gasteiger partial charge in [0.25, 0.3) is 0 Å². The zero-order chi connectivity index (χ0) is 19.7. The van der Waals surface area contributed by atoms with Gasteiger partial charge in [-0.3, -0.25) is 9.69 Å². The Morgan fingerprint density at radius 1 is 1.14 bits per heavy atom. The topological polar surface area (TPSA) is 72.6 Å². The molecule has 1 fully saturated rings. The minimum Gasteiger partial charge on any atom is -0.448 e. The summed E-state index contributed by atoms with van der Waals surface area (Å²) >= 11 is 1.53. The molecule has 4 rings (SSSR count). The maximum absolute atomic E-state index is 13.2. The summed E-state index contributed by atoms with van der Waals surface area (Å²) in [7, 11) is 0. The lowest BCUT2D eigenvalue weighted by Crippen LogP contribution is -2.68. The first kappa shape index (κ1) is 18.5. The first-order valence-electron chi connectivity index (χ1n) is 8.98. The van der Waals surface area contributed by atoms with Gasteiger partial charge in [-0.05, 0) is 16.7 Å². The van der Waals surface area contributed by atoms with Crippen molar-refractivity contribution < 1.29 is 14.3 Å². The molecule has 2 aliphatic heterocycles. The van der Waals surface area contributed by atoms with Crippen molar-refractivity contribution in [1.29, 1.82) is 0 Å². The van der Waals surface area contributed by atoms with Crippen LogP contribution in [-0.2, 0) is 14.3 Å². The van der Waals surface area contributed by atoms with Gasteiger partial charge in [-0.2, -0.15) is 0 Å². The predicted octanol–water partition coefficient (Wildman–Crippen LogP) is 3.00. The van der Waals surface area contributed by atoms with Crippen molar-refractivity contribution in [3.8, 4) is 0 Å². The Morgan fingerprint density at radius 2 is 1.71 bits per heavy atom. The molecule has 2 heterocycles. The number of carbonyl (C=O) groups is 2. The minimum absolute atomic E-state index is 0.231. The SMILES string of the molecule is C=CC1=C(C(=O)OC(c2ccccc2)c2ccccc2)N2C(=O)[C@@H](N)[C@H]2SC1. The Kier molecular flexibility index (Phi) is 5.07. The Bertz CT molecular complexity index is 903. The third-order valence-electron chi connectivity index (χ3n) is 4.91. The number of allylic oxidation sites excluding steroid dienone is 1. The molecule has 1 amide bonds. The summed E-state index contributed by atoms with van der Waals surface area (Å²) in [5, 5.41) is -0.231. The molecule has 0 aromatic heterocycles. The summed E-state index contributed by atoms with van der Waals surface area (Å²) in [6, 6.07) is 18.5. The van der Waals surface area contributed by atoms with Crippen molar-refractivity contribution in [2.24, 2.45) is 5.73 Å². The van der Waals surface area contributed by atoms with Crippen LogP contribution in [0.3, 0.4) is 0 Å². The zero-order valence-corrected chi connectivity index (χ0v) is 16.0. The van der Waals surface area contributed by atoms with Crippen molar-refractivity contribution >= 4 is 23.6 Å². The van der Waals surface area contributed by atoms with Gasteiger partial charge in [-0.1, -0.05) is 73.3 Å². The van der Waals surface area contributed by atoms with Gasteiger partial charge >= 0.3 is 5.97 Å². The van der Waals surface area contributed by atoms with Crippen LogP contribution in [0.25, 0.3) is 0 Å². The third-order valence-corrected chi connectivity index (χ3v) is 6.23. The molecule has 0 bridgehead atoms. The number of esters is 1. The van der Waals surface area contributed by atoms with E-state index in [0.717, 1.165) is 11.1 Å². The number of amides is 1. The highest BCUT2D eigenvalue weighted by Gasteiger charge is 2.52. The molecule has 142 valence electrons. The van der Waals surface area contributed by atoms with E-state index >= 15 is 0 Å². The van der Waals surface area contributed by atoms with Crippen molar-refractivity contribution in [2.75, 3.05) is 5.75 Å². The van der Waals surface area contributed by atoms with Crippen molar-refractivity contribution in [3.05, 3.63) is 95.7 Å². The van der Waals surface area contributed by atoms with Crippen LogP contribution in [0.2, 0.25) is 0 Å². The molecule has 0 saturated carbocycles. The van der Waals surface area contributed by atoms with Crippen LogP contribution < -0.4 is 5.73 Å². The summed E-state index contributed by atoms with van der Waals surface area (Å²) in [6.07, 6.45) is 1.03. The summed E-state index contributed by atoms with van der Waals surface area (Å²) in [5.41, 5.74) is 8.55. The zero-order valence-electron chi connectivity index (χ0n) is 15.2. The Balaban J connectivity index is 1.69. The van der Waals surface area contributed by atoms with Gasteiger partial charge in [-0.25, -0.2) is 4.79 Å². The second-order valence-corrected chi connectivity index (χ2v) is 7.73. The molecular formula is C22H20N2O3S. The maximum Gasteiger partial charge on any atom is 0.356 e. The normalized spacial score (nSPS) is 21.2. The number of rotatable bonds is 5. The molecule has 1 saturated heterocycles. The molecule has 2 aromatic rings. The maximum atomic E-state index is 13.2. The van der Waals surface area contributed by atoms with Crippen LogP contribution in [0, 0.1) is 0 Å². The average molecular weight is 392 g/mol. The summed E-state index contributed by atoms with van der Waals surface area (Å²) in [4.78, 5) is 27.0. The van der Waals surface area contributed by atoms with Crippen LogP contribution in [0.15, 0.2) is 84.6 Å². The highest BCUT2D eigenvalue weighted by molar-refractivity contribution is 8.00. The van der Waals surface area contributed by atoms with Crippen molar-refractivity contribution in [1.82, 2.24) is 4.90 Å². The number of fused-ring (bicyclic) bond motifs is 1. The lowest BCUT2D eigenvalue weighted by molar-refractivity contribution is -0.153. The quantitative estimate of drug-likeness (QED) is 0.626. The van der Waals surface area contributed by atoms with E-state index in [4.69, 9.17) is 10.5 Å². The van der Waals surface area contributed by atoms with E-state index in [-0.39, 0.29) is 17.0 Å². The fraction of sp³-hybridized carbons (Fsp3) is 0.182. The largest absolute Gasteiger partial charge is 0.448 e. The minimum atomic E-state index is -0.585. The van der Waals surface area contributed by atoms with Crippen LogP contribution >= 0.6 is 11.8 Å². The van der Waals surface area contributed by atoms with Crippen LogP contribution in [0.5, 0.6) is 0 Å². The average Bonchev–Trinajstić information content (AvgIpc) is 2.76. The predicted molar refractivity (Wildman–Crippen MR) is 109 cm³/mol. The van der Waals surface area contributed by atoms with E-state index in [1.54, 1.807) is 6.08 Å². The second kappa shape index (κ2) is 7.66. The van der Waals surface area contributed by atoms with Gasteiger partial charge in [0, 0.05) is 5.75 Å². The van der Waals surface area contributed by atoms with Crippen molar-refractivity contribution in [2.45, 2.75) is 17.5 Å². The molecule has 6 heteroatoms. The van der Waals surface area contributed by atoms with E-state index in [1.165, 1.54) is 16.7 Å². The number of ether oxygens (including phenoxy) is 1. The molecule has 2 N–H and O–H groups in total. The number of thioether (sulfide) groups is 1. The molecule has 0 unspecified atom stereocenters. The molecule has 28 heavy (non-hydrogen) atoms. The Hall–Kier alpha value is -2.83. The van der Waals surface area contributed by atoms with E-state index < -0.39 is 18.1 Å². The van der Waals surface area contributed by atoms with Crippen molar-refractivity contribution in [3.63, 3.8) is 0 Å². The fourth-order valence-corrected chi connectivity index (χ4v) is 4.72. The van der Waals surface area contributed by atoms with Crippen LogP contribution in [0.1, 0.15) is 17.2 Å². The smallest absolute Gasteiger partial charge is 0.356 e. The molecule has 5 nitrogen and oxygen atoms in total. The van der Waals surface area contributed by atoms with Crippen LogP contribution in [-0.4, -0.2) is 33.9 Å². The molecule has 0 aliphatic carbocycles. The van der Waals surface area contributed by atoms with Gasteiger partial charge in [-0.15, -0.1) is 11.8 Å². The number of carbonyl (C=O) groups excluding carboxylic acids is 2. The monoisotopic (exact) mass is 392 g/mol. The summed E-state index contributed by atoms with van der Waals surface area (Å²) in [6.45, 7) is 3.79. The van der Waals surface area contributed by atoms with Gasteiger partial charge in [0.15, 0.2) is 6.10 Å². The van der Waals surface area contributed by atoms with Gasteiger partial charge in [0.2, 0.25) is 5.91 Å². The standard InChI is InChI=1S/C22H20N2O3S/c1-2-14-13-28-21-17(23)20(25)24(21)18(14)22(26)27-19(15-9-5-3-6-10-15)16-11-7-4-8-12-16/h2-12,17,19,21H,1,13,23H2/t17-,21-/m1/s1. The van der Waals surface area contributed by atoms with Crippen LogP contribution in [0.4, 0.5) is 0 Å². The van der Waals surface area contributed by atoms with Gasteiger partial charge in [0.1, 0.15) is 17.1 Å². The van der Waals surface area contributed by atoms with E-state index in [1.807, 2.05) is 60.7 Å². The van der Waals surface area contributed by atoms with Gasteiger partial charge in [0.05, 0.1) is 0 Å². The molecule has 0 spiro atoms. The second-order valence-electron chi connectivity index (χ2n) is 6.62. The summed E-state index contributed by atoms with van der Waals surface area (Å²) in [5.74, 6) is -0.241. The number of nitrogens with zero attached hydrogens (tertiary/aromatic N) is 1. The number of hydrogen-bond donors (Lipinski definition) is 1. The van der Waals surface area contributed by atoms with E-state index in [2.05, 4.69) is 6.58 Å². The first-order valence-corrected chi connectivity index (χ1v) is 10.0. The Morgan fingerprint density at radius 3 is 2.25 bits per heavy atom. The van der Waals surface area contributed by atoms with E-state index in [9.17, 15) is 9.59 Å². The molecule has 2 atom stereocenters. The highest BCUT2D eigenvalue weighted by Crippen LogP contribution is 2.40. The lowest BCUT2D eigenvalue weighted by Gasteiger charge is -2.48. The molecule has 2 aromatic carbocycles. The first-order chi connectivity index (χ1) is 13.6. The molecular weight excluding hydrogens is 372 g/mol. The van der Waals surface area contributed by atoms with Gasteiger partial charge < -0.3 is 10.5 Å². The molecule has 2 aliphatic rings. The lowest BCUT2D eigenvalue weighted by atomic mass is 10.0. The number of β-lactam (4-membered cyclic amide) rings is 1. The fourth-order valence-electron chi connectivity index (χ4n) is 3.43. The number of nitrogens with two attached hydrogens (primary N) is 1. The number of hydrogen-bond acceptors (Lipinski definition) is 5. The number of benzene rings is 2. The molecule has 0 radical (unpaired) electrons.